The van der Waals surface area contributed by atoms with Gasteiger partial charge in [-0.15, -0.1) is 5.10 Å². The predicted molar refractivity (Wildman–Crippen MR) is 49.4 cm³/mol. The number of nitrogens with one attached hydrogen (secondary N) is 1. The Hall–Kier alpha value is -0.510. The Morgan fingerprint density at radius 2 is 2.25 bits per heavy atom. The number of thioether (sulfide) groups is 1. The maximum atomic E-state index is 4.41. The first kappa shape index (κ1) is 8.10. The molecule has 1 aliphatic carbocycles. The van der Waals surface area contributed by atoms with Gasteiger partial charge in [0.05, 0.1) is 0 Å². The minimum atomic E-state index is 0.563. The van der Waals surface area contributed by atoms with Crippen LogP contribution in [0.1, 0.15) is 38.4 Å². The molecule has 0 aliphatic heterocycles. The summed E-state index contributed by atoms with van der Waals surface area (Å²) < 4.78 is 0. The monoisotopic (exact) mass is 183 g/mol. The van der Waals surface area contributed by atoms with Crippen LogP contribution in [0.3, 0.4) is 0 Å². The van der Waals surface area contributed by atoms with Crippen LogP contribution >= 0.6 is 11.8 Å². The van der Waals surface area contributed by atoms with E-state index in [1.807, 2.05) is 0 Å². The standard InChI is InChI=1S/C8H13N3S/c1-5(2)12-8-9-7(10-11-8)6-3-4-6/h5-6H,3-4H2,1-2H3,(H,9,10,11). The van der Waals surface area contributed by atoms with Crippen molar-refractivity contribution in [1.29, 1.82) is 0 Å². The summed E-state index contributed by atoms with van der Waals surface area (Å²) in [6.07, 6.45) is 2.56. The van der Waals surface area contributed by atoms with Gasteiger partial charge in [0.1, 0.15) is 5.82 Å². The van der Waals surface area contributed by atoms with E-state index in [9.17, 15) is 0 Å². The molecule has 3 nitrogen and oxygen atoms in total. The van der Waals surface area contributed by atoms with E-state index >= 15 is 0 Å². The number of hydrogen-bond donors (Lipinski definition) is 1. The Bertz CT molecular complexity index is 265. The Morgan fingerprint density at radius 3 is 2.83 bits per heavy atom. The van der Waals surface area contributed by atoms with Crippen molar-refractivity contribution < 1.29 is 0 Å². The molecule has 0 atom stereocenters. The van der Waals surface area contributed by atoms with E-state index in [1.54, 1.807) is 11.8 Å². The molecule has 1 aromatic rings. The third kappa shape index (κ3) is 1.80. The van der Waals surface area contributed by atoms with Crippen LogP contribution < -0.4 is 0 Å². The van der Waals surface area contributed by atoms with Crippen molar-refractivity contribution in [3.8, 4) is 0 Å². The molecule has 0 spiro atoms. The number of rotatable bonds is 3. The summed E-state index contributed by atoms with van der Waals surface area (Å²) in [5.41, 5.74) is 0. The highest BCUT2D eigenvalue weighted by Crippen LogP contribution is 2.38. The highest BCUT2D eigenvalue weighted by Gasteiger charge is 2.27. The first-order valence-electron chi connectivity index (χ1n) is 4.34. The Kier molecular flexibility index (Phi) is 2.09. The van der Waals surface area contributed by atoms with Crippen LogP contribution in [0.2, 0.25) is 0 Å². The highest BCUT2D eigenvalue weighted by molar-refractivity contribution is 7.99. The van der Waals surface area contributed by atoms with Crippen LogP contribution in [0.25, 0.3) is 0 Å². The van der Waals surface area contributed by atoms with Gasteiger partial charge in [0.15, 0.2) is 0 Å². The molecule has 1 fully saturated rings. The van der Waals surface area contributed by atoms with Crippen molar-refractivity contribution >= 4 is 11.8 Å². The molecule has 4 heteroatoms. The van der Waals surface area contributed by atoms with Crippen molar-refractivity contribution in [3.05, 3.63) is 5.82 Å². The average Bonchev–Trinajstić information content (AvgIpc) is 2.73. The molecule has 1 N–H and O–H groups in total. The molecule has 0 saturated heterocycles. The third-order valence-electron chi connectivity index (χ3n) is 1.79. The molecule has 0 bridgehead atoms. The van der Waals surface area contributed by atoms with Crippen LogP contribution in [0.5, 0.6) is 0 Å². The van der Waals surface area contributed by atoms with E-state index in [0.29, 0.717) is 11.2 Å². The van der Waals surface area contributed by atoms with Gasteiger partial charge < -0.3 is 0 Å². The number of nitrogens with zero attached hydrogens (tertiary/aromatic N) is 2. The van der Waals surface area contributed by atoms with E-state index in [1.165, 1.54) is 12.8 Å². The molecule has 1 aromatic heterocycles. The molecular weight excluding hydrogens is 170 g/mol. The Labute approximate surface area is 76.4 Å². The Balaban J connectivity index is 2.03. The molecule has 66 valence electrons. The molecule has 0 unspecified atom stereocenters. The lowest BCUT2D eigenvalue weighted by molar-refractivity contribution is 0.931. The number of hydrogen-bond acceptors (Lipinski definition) is 3. The van der Waals surface area contributed by atoms with Crippen LogP contribution in [0, 0.1) is 0 Å². The minimum Gasteiger partial charge on any atom is -0.262 e. The van der Waals surface area contributed by atoms with Crippen molar-refractivity contribution in [2.45, 2.75) is 43.0 Å². The SMILES string of the molecule is CC(C)Sc1n[nH]c(C2CC2)n1. The zero-order chi connectivity index (χ0) is 8.55. The average molecular weight is 183 g/mol. The lowest BCUT2D eigenvalue weighted by Crippen LogP contribution is -1.87. The fourth-order valence-corrected chi connectivity index (χ4v) is 1.73. The first-order valence-corrected chi connectivity index (χ1v) is 5.22. The molecule has 1 heterocycles. The van der Waals surface area contributed by atoms with E-state index in [0.717, 1.165) is 11.0 Å². The number of aromatic nitrogens is 3. The van der Waals surface area contributed by atoms with Crippen molar-refractivity contribution in [3.63, 3.8) is 0 Å². The van der Waals surface area contributed by atoms with Gasteiger partial charge in [-0.05, 0) is 12.8 Å². The molecule has 0 aromatic carbocycles. The summed E-state index contributed by atoms with van der Waals surface area (Å²) in [5, 5.41) is 8.59. The van der Waals surface area contributed by atoms with Crippen LogP contribution in [-0.2, 0) is 0 Å². The number of H-pyrrole nitrogens is 1. The van der Waals surface area contributed by atoms with Crippen molar-refractivity contribution in [2.75, 3.05) is 0 Å². The fourth-order valence-electron chi connectivity index (χ4n) is 1.06. The summed E-state index contributed by atoms with van der Waals surface area (Å²) in [5.74, 6) is 1.76. The van der Waals surface area contributed by atoms with Gasteiger partial charge in [0, 0.05) is 11.2 Å². The topological polar surface area (TPSA) is 41.6 Å². The van der Waals surface area contributed by atoms with Gasteiger partial charge in [-0.3, -0.25) is 5.10 Å². The van der Waals surface area contributed by atoms with Gasteiger partial charge in [0.25, 0.3) is 0 Å². The minimum absolute atomic E-state index is 0.563. The predicted octanol–water partition coefficient (Wildman–Crippen LogP) is 2.18. The van der Waals surface area contributed by atoms with Crippen molar-refractivity contribution in [1.82, 2.24) is 15.2 Å². The fraction of sp³-hybridized carbons (Fsp3) is 0.750. The summed E-state index contributed by atoms with van der Waals surface area (Å²) in [4.78, 5) is 4.41. The van der Waals surface area contributed by atoms with Gasteiger partial charge in [-0.1, -0.05) is 25.6 Å². The van der Waals surface area contributed by atoms with E-state index in [2.05, 4.69) is 29.0 Å². The quantitative estimate of drug-likeness (QED) is 0.730. The summed E-state index contributed by atoms with van der Waals surface area (Å²) in [7, 11) is 0. The largest absolute Gasteiger partial charge is 0.262 e. The van der Waals surface area contributed by atoms with Crippen LogP contribution in [0.4, 0.5) is 0 Å². The second kappa shape index (κ2) is 3.09. The summed E-state index contributed by atoms with van der Waals surface area (Å²) in [6, 6.07) is 0. The maximum absolute atomic E-state index is 4.41. The molecule has 0 amide bonds. The van der Waals surface area contributed by atoms with E-state index in [4.69, 9.17) is 0 Å². The zero-order valence-electron chi connectivity index (χ0n) is 7.37. The normalized spacial score (nSPS) is 17.2. The Morgan fingerprint density at radius 1 is 1.50 bits per heavy atom. The second-order valence-corrected chi connectivity index (χ2v) is 4.99. The van der Waals surface area contributed by atoms with Crippen molar-refractivity contribution in [2.24, 2.45) is 0 Å². The van der Waals surface area contributed by atoms with Gasteiger partial charge >= 0.3 is 0 Å². The summed E-state index contributed by atoms with van der Waals surface area (Å²) >= 11 is 1.71. The lowest BCUT2D eigenvalue weighted by Gasteiger charge is -1.96. The van der Waals surface area contributed by atoms with Gasteiger partial charge in [-0.25, -0.2) is 4.98 Å². The molecule has 1 aliphatic rings. The molecular formula is C8H13N3S. The van der Waals surface area contributed by atoms with Crippen LogP contribution in [-0.4, -0.2) is 20.4 Å². The summed E-state index contributed by atoms with van der Waals surface area (Å²) in [6.45, 7) is 4.30. The highest BCUT2D eigenvalue weighted by atomic mass is 32.2. The van der Waals surface area contributed by atoms with E-state index in [-0.39, 0.29) is 0 Å². The second-order valence-electron chi connectivity index (χ2n) is 3.44. The van der Waals surface area contributed by atoms with E-state index < -0.39 is 0 Å². The molecule has 1 saturated carbocycles. The molecule has 2 rings (SSSR count). The smallest absolute Gasteiger partial charge is 0.208 e. The van der Waals surface area contributed by atoms with Gasteiger partial charge in [0.2, 0.25) is 5.16 Å². The first-order chi connectivity index (χ1) is 5.75. The number of aromatic amines is 1. The van der Waals surface area contributed by atoms with Crippen LogP contribution in [0.15, 0.2) is 5.16 Å². The lowest BCUT2D eigenvalue weighted by atomic mass is 10.4. The third-order valence-corrected chi connectivity index (χ3v) is 2.65. The maximum Gasteiger partial charge on any atom is 0.208 e. The molecule has 12 heavy (non-hydrogen) atoms. The van der Waals surface area contributed by atoms with Gasteiger partial charge in [-0.2, -0.15) is 0 Å². The zero-order valence-corrected chi connectivity index (χ0v) is 8.19. The molecule has 0 radical (unpaired) electrons.